The minimum Gasteiger partial charge on any atom is -0.545 e. The summed E-state index contributed by atoms with van der Waals surface area (Å²) < 4.78 is 0. The van der Waals surface area contributed by atoms with Crippen LogP contribution in [0, 0.1) is 0 Å². The van der Waals surface area contributed by atoms with Crippen LogP contribution >= 0.6 is 15.9 Å². The highest BCUT2D eigenvalue weighted by molar-refractivity contribution is 9.08. The van der Waals surface area contributed by atoms with E-state index < -0.39 is 5.97 Å². The SMILES string of the molecule is O=C([O-])c1ccc(CBr)nc1. The number of aromatic nitrogens is 1. The van der Waals surface area contributed by atoms with Gasteiger partial charge in [0.25, 0.3) is 0 Å². The van der Waals surface area contributed by atoms with Crippen molar-refractivity contribution in [2.24, 2.45) is 0 Å². The Morgan fingerprint density at radius 2 is 2.36 bits per heavy atom. The molecule has 0 amide bonds. The average Bonchev–Trinajstić information content (AvgIpc) is 2.05. The molecule has 0 N–H and O–H groups in total. The van der Waals surface area contributed by atoms with Gasteiger partial charge in [-0.3, -0.25) is 4.98 Å². The molecule has 11 heavy (non-hydrogen) atoms. The summed E-state index contributed by atoms with van der Waals surface area (Å²) in [5.74, 6) is -1.20. The third kappa shape index (κ3) is 2.01. The van der Waals surface area contributed by atoms with E-state index in [1.54, 1.807) is 6.07 Å². The van der Waals surface area contributed by atoms with E-state index in [0.717, 1.165) is 5.69 Å². The second-order valence-corrected chi connectivity index (χ2v) is 2.52. The predicted molar refractivity (Wildman–Crippen MR) is 41.2 cm³/mol. The molecule has 4 heteroatoms. The van der Waals surface area contributed by atoms with Crippen molar-refractivity contribution in [2.75, 3.05) is 0 Å². The molecule has 0 bridgehead atoms. The van der Waals surface area contributed by atoms with Crippen molar-refractivity contribution in [3.05, 3.63) is 29.6 Å². The maximum atomic E-state index is 10.2. The standard InChI is InChI=1S/C7H6BrNO2/c8-3-6-2-1-5(4-9-6)7(10)11/h1-2,4H,3H2,(H,10,11)/p-1. The van der Waals surface area contributed by atoms with Crippen molar-refractivity contribution >= 4 is 21.9 Å². The summed E-state index contributed by atoms with van der Waals surface area (Å²) in [4.78, 5) is 14.1. The van der Waals surface area contributed by atoms with Crippen LogP contribution in [-0.4, -0.2) is 11.0 Å². The minimum absolute atomic E-state index is 0.106. The molecule has 0 saturated heterocycles. The van der Waals surface area contributed by atoms with E-state index in [1.165, 1.54) is 12.3 Å². The molecule has 0 unspecified atom stereocenters. The normalized spacial score (nSPS) is 9.55. The predicted octanol–water partition coefficient (Wildman–Crippen LogP) is 0.340. The van der Waals surface area contributed by atoms with Crippen molar-refractivity contribution in [1.29, 1.82) is 0 Å². The molecular formula is C7H5BrNO2-. The fourth-order valence-corrected chi connectivity index (χ4v) is 0.956. The number of pyridine rings is 1. The van der Waals surface area contributed by atoms with Crippen molar-refractivity contribution in [3.63, 3.8) is 0 Å². The van der Waals surface area contributed by atoms with Gasteiger partial charge in [-0.15, -0.1) is 0 Å². The number of carbonyl (C=O) groups is 1. The molecule has 1 heterocycles. The Labute approximate surface area is 72.2 Å². The quantitative estimate of drug-likeness (QED) is 0.668. The number of aromatic carboxylic acids is 1. The van der Waals surface area contributed by atoms with E-state index >= 15 is 0 Å². The smallest absolute Gasteiger partial charge is 0.0730 e. The molecule has 0 aliphatic carbocycles. The lowest BCUT2D eigenvalue weighted by atomic mass is 10.2. The van der Waals surface area contributed by atoms with Gasteiger partial charge in [0.15, 0.2) is 0 Å². The summed E-state index contributed by atoms with van der Waals surface area (Å²) >= 11 is 3.19. The van der Waals surface area contributed by atoms with Crippen LogP contribution in [0.3, 0.4) is 0 Å². The first-order valence-electron chi connectivity index (χ1n) is 2.96. The first-order chi connectivity index (χ1) is 5.24. The van der Waals surface area contributed by atoms with Crippen molar-refractivity contribution in [1.82, 2.24) is 4.98 Å². The van der Waals surface area contributed by atoms with Crippen LogP contribution in [0.2, 0.25) is 0 Å². The van der Waals surface area contributed by atoms with Gasteiger partial charge in [0.1, 0.15) is 0 Å². The monoisotopic (exact) mass is 214 g/mol. The number of nitrogens with zero attached hydrogens (tertiary/aromatic N) is 1. The summed E-state index contributed by atoms with van der Waals surface area (Å²) in [6.45, 7) is 0. The van der Waals surface area contributed by atoms with E-state index in [4.69, 9.17) is 0 Å². The van der Waals surface area contributed by atoms with Gasteiger partial charge in [0.2, 0.25) is 0 Å². The lowest BCUT2D eigenvalue weighted by molar-refractivity contribution is -0.255. The van der Waals surface area contributed by atoms with Gasteiger partial charge in [0.05, 0.1) is 11.7 Å². The Morgan fingerprint density at radius 1 is 1.64 bits per heavy atom. The van der Waals surface area contributed by atoms with Gasteiger partial charge >= 0.3 is 0 Å². The number of alkyl halides is 1. The first-order valence-corrected chi connectivity index (χ1v) is 4.08. The fourth-order valence-electron chi connectivity index (χ4n) is 0.624. The van der Waals surface area contributed by atoms with Crippen LogP contribution in [0.25, 0.3) is 0 Å². The zero-order valence-corrected chi connectivity index (χ0v) is 7.17. The average molecular weight is 215 g/mol. The number of carbonyl (C=O) groups excluding carboxylic acids is 1. The Morgan fingerprint density at radius 3 is 2.73 bits per heavy atom. The lowest BCUT2D eigenvalue weighted by Crippen LogP contribution is -2.22. The van der Waals surface area contributed by atoms with E-state index in [1.807, 2.05) is 0 Å². The Bertz CT molecular complexity index is 258. The zero-order valence-electron chi connectivity index (χ0n) is 5.58. The van der Waals surface area contributed by atoms with Crippen molar-refractivity contribution in [2.45, 2.75) is 5.33 Å². The molecule has 58 valence electrons. The van der Waals surface area contributed by atoms with E-state index in [9.17, 15) is 9.90 Å². The maximum absolute atomic E-state index is 10.2. The van der Waals surface area contributed by atoms with E-state index in [0.29, 0.717) is 5.33 Å². The van der Waals surface area contributed by atoms with Crippen LogP contribution in [-0.2, 0) is 5.33 Å². The summed E-state index contributed by atoms with van der Waals surface area (Å²) in [5, 5.41) is 10.9. The number of rotatable bonds is 2. The summed E-state index contributed by atoms with van der Waals surface area (Å²) in [6, 6.07) is 3.11. The molecule has 1 aromatic heterocycles. The molecule has 0 aromatic carbocycles. The minimum atomic E-state index is -1.20. The zero-order chi connectivity index (χ0) is 8.27. The highest BCUT2D eigenvalue weighted by atomic mass is 79.9. The van der Waals surface area contributed by atoms with Gasteiger partial charge < -0.3 is 9.90 Å². The van der Waals surface area contributed by atoms with Gasteiger partial charge in [-0.2, -0.15) is 0 Å². The highest BCUT2D eigenvalue weighted by Gasteiger charge is 1.93. The van der Waals surface area contributed by atoms with Gasteiger partial charge in [-0.25, -0.2) is 0 Å². The molecule has 0 aliphatic heterocycles. The van der Waals surface area contributed by atoms with Gasteiger partial charge in [0, 0.05) is 17.1 Å². The molecule has 0 spiro atoms. The highest BCUT2D eigenvalue weighted by Crippen LogP contribution is 2.02. The van der Waals surface area contributed by atoms with Crippen LogP contribution < -0.4 is 5.11 Å². The third-order valence-electron chi connectivity index (χ3n) is 1.20. The molecule has 0 aliphatic rings. The second kappa shape index (κ2) is 3.48. The van der Waals surface area contributed by atoms with Gasteiger partial charge in [-0.05, 0) is 12.1 Å². The van der Waals surface area contributed by atoms with Crippen LogP contribution in [0.4, 0.5) is 0 Å². The maximum Gasteiger partial charge on any atom is 0.0730 e. The largest absolute Gasteiger partial charge is 0.545 e. The van der Waals surface area contributed by atoms with E-state index in [-0.39, 0.29) is 5.56 Å². The van der Waals surface area contributed by atoms with E-state index in [2.05, 4.69) is 20.9 Å². The van der Waals surface area contributed by atoms with Crippen molar-refractivity contribution < 1.29 is 9.90 Å². The van der Waals surface area contributed by atoms with Gasteiger partial charge in [-0.1, -0.05) is 15.9 Å². The fraction of sp³-hybridized carbons (Fsp3) is 0.143. The molecule has 3 nitrogen and oxygen atoms in total. The topological polar surface area (TPSA) is 53.0 Å². The Kier molecular flexibility index (Phi) is 2.59. The first kappa shape index (κ1) is 8.20. The number of hydrogen-bond donors (Lipinski definition) is 0. The van der Waals surface area contributed by atoms with Crippen LogP contribution in [0.5, 0.6) is 0 Å². The summed E-state index contributed by atoms with van der Waals surface area (Å²) in [7, 11) is 0. The molecule has 0 saturated carbocycles. The second-order valence-electron chi connectivity index (χ2n) is 1.96. The Hall–Kier alpha value is -0.900. The van der Waals surface area contributed by atoms with Crippen LogP contribution in [0.15, 0.2) is 18.3 Å². The number of carboxylic acids is 1. The van der Waals surface area contributed by atoms with Crippen molar-refractivity contribution in [3.8, 4) is 0 Å². The molecule has 0 radical (unpaired) electrons. The third-order valence-corrected chi connectivity index (χ3v) is 1.77. The lowest BCUT2D eigenvalue weighted by Gasteiger charge is -2.00. The summed E-state index contributed by atoms with van der Waals surface area (Å²) in [6.07, 6.45) is 1.28. The molecule has 0 atom stereocenters. The molecular weight excluding hydrogens is 210 g/mol. The number of carboxylic acid groups (broad SMARTS) is 1. The Balaban J connectivity index is 2.91. The summed E-state index contributed by atoms with van der Waals surface area (Å²) in [5.41, 5.74) is 0.907. The molecule has 0 fully saturated rings. The molecule has 1 aromatic rings. The molecule has 1 rings (SSSR count). The number of hydrogen-bond acceptors (Lipinski definition) is 3. The number of halogens is 1. The van der Waals surface area contributed by atoms with Crippen LogP contribution in [0.1, 0.15) is 16.1 Å².